The van der Waals surface area contributed by atoms with Gasteiger partial charge in [-0.3, -0.25) is 0 Å². The van der Waals surface area contributed by atoms with Crippen molar-refractivity contribution in [2.75, 3.05) is 12.8 Å². The zero-order chi connectivity index (χ0) is 9.52. The van der Waals surface area contributed by atoms with Crippen molar-refractivity contribution in [2.45, 2.75) is 31.0 Å². The Kier molecular flexibility index (Phi) is 4.93. The Bertz CT molecular complexity index is 213. The van der Waals surface area contributed by atoms with E-state index in [0.29, 0.717) is 6.04 Å². The van der Waals surface area contributed by atoms with Gasteiger partial charge in [-0.05, 0) is 13.5 Å². The molecule has 0 bridgehead atoms. The van der Waals surface area contributed by atoms with Gasteiger partial charge in [-0.1, -0.05) is 25.1 Å². The standard InChI is InChI=1S/C9H16N2OS/c1-3-4-8(10-2)7-13-9-11-5-6-12-9/h5-6,8,10H,3-4,7H2,1-2H3. The fourth-order valence-corrected chi connectivity index (χ4v) is 2.05. The molecule has 3 nitrogen and oxygen atoms in total. The van der Waals surface area contributed by atoms with Crippen LogP contribution in [0.4, 0.5) is 0 Å². The van der Waals surface area contributed by atoms with Crippen LogP contribution in [0.5, 0.6) is 0 Å². The van der Waals surface area contributed by atoms with Crippen LogP contribution < -0.4 is 5.32 Å². The molecule has 1 rings (SSSR count). The summed E-state index contributed by atoms with van der Waals surface area (Å²) in [6.07, 6.45) is 5.69. The molecule has 74 valence electrons. The normalized spacial score (nSPS) is 13.1. The van der Waals surface area contributed by atoms with E-state index in [2.05, 4.69) is 17.2 Å². The van der Waals surface area contributed by atoms with Crippen LogP contribution in [0.2, 0.25) is 0 Å². The molecule has 0 aliphatic rings. The summed E-state index contributed by atoms with van der Waals surface area (Å²) in [6, 6.07) is 0.557. The summed E-state index contributed by atoms with van der Waals surface area (Å²) >= 11 is 1.66. The Morgan fingerprint density at radius 3 is 3.08 bits per heavy atom. The maximum atomic E-state index is 5.13. The van der Waals surface area contributed by atoms with Crippen molar-refractivity contribution in [1.82, 2.24) is 10.3 Å². The van der Waals surface area contributed by atoms with E-state index in [9.17, 15) is 0 Å². The monoisotopic (exact) mass is 200 g/mol. The number of hydrogen-bond donors (Lipinski definition) is 1. The second-order valence-corrected chi connectivity index (χ2v) is 3.85. The predicted octanol–water partition coefficient (Wildman–Crippen LogP) is 2.15. The summed E-state index contributed by atoms with van der Waals surface area (Å²) in [5.74, 6) is 1.02. The Labute approximate surface area is 83.3 Å². The van der Waals surface area contributed by atoms with Crippen molar-refractivity contribution < 1.29 is 4.42 Å². The van der Waals surface area contributed by atoms with Crippen molar-refractivity contribution in [3.8, 4) is 0 Å². The molecule has 1 N–H and O–H groups in total. The summed E-state index contributed by atoms with van der Waals surface area (Å²) in [5.41, 5.74) is 0. The van der Waals surface area contributed by atoms with E-state index in [0.717, 1.165) is 11.0 Å². The fourth-order valence-electron chi connectivity index (χ4n) is 1.11. The Morgan fingerprint density at radius 2 is 2.54 bits per heavy atom. The number of oxazole rings is 1. The van der Waals surface area contributed by atoms with E-state index in [1.54, 1.807) is 24.2 Å². The molecule has 4 heteroatoms. The largest absolute Gasteiger partial charge is 0.440 e. The molecule has 1 heterocycles. The van der Waals surface area contributed by atoms with Crippen LogP contribution in [0.3, 0.4) is 0 Å². The minimum absolute atomic E-state index is 0.557. The molecule has 1 aromatic heterocycles. The molecule has 0 radical (unpaired) electrons. The molecule has 0 aliphatic heterocycles. The van der Waals surface area contributed by atoms with Gasteiger partial charge in [0.2, 0.25) is 0 Å². The highest BCUT2D eigenvalue weighted by atomic mass is 32.2. The maximum absolute atomic E-state index is 5.13. The van der Waals surface area contributed by atoms with E-state index < -0.39 is 0 Å². The molecule has 13 heavy (non-hydrogen) atoms. The Balaban J connectivity index is 2.23. The number of nitrogens with one attached hydrogen (secondary N) is 1. The van der Waals surface area contributed by atoms with Crippen LogP contribution in [-0.4, -0.2) is 23.8 Å². The molecular formula is C9H16N2OS. The Hall–Kier alpha value is -0.480. The average Bonchev–Trinajstić information content (AvgIpc) is 2.64. The smallest absolute Gasteiger partial charge is 0.255 e. The van der Waals surface area contributed by atoms with Gasteiger partial charge in [0, 0.05) is 11.8 Å². The third kappa shape index (κ3) is 3.83. The van der Waals surface area contributed by atoms with Crippen molar-refractivity contribution >= 4 is 11.8 Å². The molecule has 0 saturated heterocycles. The van der Waals surface area contributed by atoms with E-state index in [4.69, 9.17) is 4.42 Å². The molecule has 0 fully saturated rings. The summed E-state index contributed by atoms with van der Waals surface area (Å²) in [7, 11) is 2.00. The Morgan fingerprint density at radius 1 is 1.69 bits per heavy atom. The molecular weight excluding hydrogens is 184 g/mol. The molecule has 0 spiro atoms. The molecule has 0 saturated carbocycles. The van der Waals surface area contributed by atoms with Crippen molar-refractivity contribution in [2.24, 2.45) is 0 Å². The maximum Gasteiger partial charge on any atom is 0.255 e. The zero-order valence-electron chi connectivity index (χ0n) is 8.12. The third-order valence-corrected chi connectivity index (χ3v) is 2.88. The predicted molar refractivity (Wildman–Crippen MR) is 55.0 cm³/mol. The first-order valence-corrected chi connectivity index (χ1v) is 5.55. The van der Waals surface area contributed by atoms with Crippen LogP contribution in [0.25, 0.3) is 0 Å². The van der Waals surface area contributed by atoms with Crippen LogP contribution >= 0.6 is 11.8 Å². The topological polar surface area (TPSA) is 38.1 Å². The van der Waals surface area contributed by atoms with Gasteiger partial charge in [-0.25, -0.2) is 4.98 Å². The minimum atomic E-state index is 0.557. The quantitative estimate of drug-likeness (QED) is 0.714. The lowest BCUT2D eigenvalue weighted by molar-refractivity contribution is 0.452. The van der Waals surface area contributed by atoms with Crippen LogP contribution in [0.15, 0.2) is 22.1 Å². The second kappa shape index (κ2) is 6.05. The summed E-state index contributed by atoms with van der Waals surface area (Å²) < 4.78 is 5.13. The fraction of sp³-hybridized carbons (Fsp3) is 0.667. The van der Waals surface area contributed by atoms with Gasteiger partial charge in [0.1, 0.15) is 6.26 Å². The van der Waals surface area contributed by atoms with E-state index in [1.165, 1.54) is 12.8 Å². The first-order chi connectivity index (χ1) is 6.36. The van der Waals surface area contributed by atoms with Gasteiger partial charge in [0.25, 0.3) is 5.22 Å². The van der Waals surface area contributed by atoms with Crippen molar-refractivity contribution in [3.05, 3.63) is 12.5 Å². The highest BCUT2D eigenvalue weighted by Gasteiger charge is 2.06. The van der Waals surface area contributed by atoms with Crippen LogP contribution in [0, 0.1) is 0 Å². The van der Waals surface area contributed by atoms with Crippen molar-refractivity contribution in [3.63, 3.8) is 0 Å². The number of aromatic nitrogens is 1. The van der Waals surface area contributed by atoms with Gasteiger partial charge in [-0.15, -0.1) is 0 Å². The second-order valence-electron chi connectivity index (χ2n) is 2.88. The van der Waals surface area contributed by atoms with Gasteiger partial charge < -0.3 is 9.73 Å². The highest BCUT2D eigenvalue weighted by molar-refractivity contribution is 7.99. The van der Waals surface area contributed by atoms with E-state index >= 15 is 0 Å². The average molecular weight is 200 g/mol. The van der Waals surface area contributed by atoms with Gasteiger partial charge in [0.15, 0.2) is 0 Å². The lowest BCUT2D eigenvalue weighted by atomic mass is 10.2. The third-order valence-electron chi connectivity index (χ3n) is 1.86. The summed E-state index contributed by atoms with van der Waals surface area (Å²) in [4.78, 5) is 4.05. The van der Waals surface area contributed by atoms with Crippen LogP contribution in [-0.2, 0) is 0 Å². The zero-order valence-corrected chi connectivity index (χ0v) is 8.93. The molecule has 1 aromatic rings. The number of thioether (sulfide) groups is 1. The van der Waals surface area contributed by atoms with E-state index in [1.807, 2.05) is 7.05 Å². The SMILES string of the molecule is CCCC(CSc1ncco1)NC. The summed E-state index contributed by atoms with van der Waals surface area (Å²) in [6.45, 7) is 2.19. The van der Waals surface area contributed by atoms with Gasteiger partial charge in [-0.2, -0.15) is 0 Å². The van der Waals surface area contributed by atoms with Gasteiger partial charge >= 0.3 is 0 Å². The number of nitrogens with zero attached hydrogens (tertiary/aromatic N) is 1. The van der Waals surface area contributed by atoms with Crippen LogP contribution in [0.1, 0.15) is 19.8 Å². The lowest BCUT2D eigenvalue weighted by Crippen LogP contribution is -2.27. The number of hydrogen-bond acceptors (Lipinski definition) is 4. The first kappa shape index (κ1) is 10.6. The highest BCUT2D eigenvalue weighted by Crippen LogP contribution is 2.16. The summed E-state index contributed by atoms with van der Waals surface area (Å²) in [5, 5.41) is 4.04. The molecule has 0 aliphatic carbocycles. The first-order valence-electron chi connectivity index (χ1n) is 4.56. The molecule has 0 aromatic carbocycles. The van der Waals surface area contributed by atoms with Gasteiger partial charge in [0.05, 0.1) is 6.20 Å². The van der Waals surface area contributed by atoms with E-state index in [-0.39, 0.29) is 0 Å². The molecule has 0 amide bonds. The molecule has 1 unspecified atom stereocenters. The minimum Gasteiger partial charge on any atom is -0.440 e. The van der Waals surface area contributed by atoms with Crippen molar-refractivity contribution in [1.29, 1.82) is 0 Å². The number of rotatable bonds is 6. The molecule has 1 atom stereocenters. The lowest BCUT2D eigenvalue weighted by Gasteiger charge is -2.12.